The lowest BCUT2D eigenvalue weighted by Gasteiger charge is -2.07. The molecular formula is C11H12FNO3. The lowest BCUT2D eigenvalue weighted by atomic mass is 10.2. The van der Waals surface area contributed by atoms with Crippen LogP contribution >= 0.6 is 0 Å². The molecule has 0 fully saturated rings. The number of pyridine rings is 1. The molecule has 0 aliphatic heterocycles. The second kappa shape index (κ2) is 5.25. The van der Waals surface area contributed by atoms with Gasteiger partial charge in [0.25, 0.3) is 0 Å². The minimum absolute atomic E-state index is 0.187. The highest BCUT2D eigenvalue weighted by Gasteiger charge is 2.14. The predicted octanol–water partition coefficient (Wildman–Crippen LogP) is 2.01. The van der Waals surface area contributed by atoms with Crippen molar-refractivity contribution in [2.24, 2.45) is 0 Å². The average Bonchev–Trinajstić information content (AvgIpc) is 2.29. The van der Waals surface area contributed by atoms with Crippen molar-refractivity contribution in [1.82, 2.24) is 4.98 Å². The van der Waals surface area contributed by atoms with Crippen molar-refractivity contribution in [1.29, 1.82) is 0 Å². The normalized spacial score (nSPS) is 9.69. The van der Waals surface area contributed by atoms with Crippen LogP contribution in [0.15, 0.2) is 18.8 Å². The van der Waals surface area contributed by atoms with E-state index in [2.05, 4.69) is 16.3 Å². The highest BCUT2D eigenvalue weighted by Crippen LogP contribution is 2.15. The number of rotatable bonds is 4. The topological polar surface area (TPSA) is 48.4 Å². The summed E-state index contributed by atoms with van der Waals surface area (Å²) in [6.07, 6.45) is 0.936. The molecule has 0 bridgehead atoms. The zero-order valence-electron chi connectivity index (χ0n) is 9.12. The van der Waals surface area contributed by atoms with Gasteiger partial charge in [-0.15, -0.1) is 0 Å². The molecule has 16 heavy (non-hydrogen) atoms. The summed E-state index contributed by atoms with van der Waals surface area (Å²) >= 11 is 0. The SMILES string of the molecule is C=C(OCC)c1cc(C(=O)OC)c(F)cn1. The maximum Gasteiger partial charge on any atom is 0.340 e. The van der Waals surface area contributed by atoms with E-state index in [1.165, 1.54) is 13.2 Å². The molecule has 0 aromatic carbocycles. The van der Waals surface area contributed by atoms with Gasteiger partial charge in [-0.2, -0.15) is 0 Å². The van der Waals surface area contributed by atoms with Crippen molar-refractivity contribution in [3.05, 3.63) is 35.9 Å². The predicted molar refractivity (Wildman–Crippen MR) is 56.2 cm³/mol. The molecule has 5 heteroatoms. The van der Waals surface area contributed by atoms with Gasteiger partial charge in [-0.3, -0.25) is 0 Å². The average molecular weight is 225 g/mol. The third-order valence-corrected chi connectivity index (χ3v) is 1.86. The minimum atomic E-state index is -0.759. The van der Waals surface area contributed by atoms with Gasteiger partial charge in [-0.25, -0.2) is 14.2 Å². The molecule has 0 atom stereocenters. The fourth-order valence-electron chi connectivity index (χ4n) is 1.11. The van der Waals surface area contributed by atoms with E-state index in [-0.39, 0.29) is 11.3 Å². The third-order valence-electron chi connectivity index (χ3n) is 1.86. The summed E-state index contributed by atoms with van der Waals surface area (Å²) in [7, 11) is 1.18. The largest absolute Gasteiger partial charge is 0.492 e. The van der Waals surface area contributed by atoms with E-state index in [1.807, 2.05) is 0 Å². The van der Waals surface area contributed by atoms with E-state index in [4.69, 9.17) is 4.74 Å². The first kappa shape index (κ1) is 12.2. The summed E-state index contributed by atoms with van der Waals surface area (Å²) in [6, 6.07) is 1.25. The Labute approximate surface area is 92.7 Å². The number of esters is 1. The van der Waals surface area contributed by atoms with E-state index < -0.39 is 11.8 Å². The molecule has 4 nitrogen and oxygen atoms in total. The fourth-order valence-corrected chi connectivity index (χ4v) is 1.11. The summed E-state index contributed by atoms with van der Waals surface area (Å²) in [4.78, 5) is 15.0. The number of nitrogens with zero attached hydrogens (tertiary/aromatic N) is 1. The molecule has 0 spiro atoms. The van der Waals surface area contributed by atoms with Crippen molar-refractivity contribution in [2.75, 3.05) is 13.7 Å². The van der Waals surface area contributed by atoms with E-state index in [1.54, 1.807) is 6.92 Å². The van der Waals surface area contributed by atoms with Crippen LogP contribution in [0.1, 0.15) is 23.0 Å². The molecule has 0 aliphatic carbocycles. The highest BCUT2D eigenvalue weighted by atomic mass is 19.1. The van der Waals surface area contributed by atoms with Crippen molar-refractivity contribution in [3.63, 3.8) is 0 Å². The molecule has 86 valence electrons. The van der Waals surface area contributed by atoms with E-state index in [9.17, 15) is 9.18 Å². The molecule has 0 radical (unpaired) electrons. The summed E-state index contributed by atoms with van der Waals surface area (Å²) in [6.45, 7) is 5.82. The smallest absolute Gasteiger partial charge is 0.340 e. The van der Waals surface area contributed by atoms with Crippen molar-refractivity contribution < 1.29 is 18.7 Å². The number of hydrogen-bond acceptors (Lipinski definition) is 4. The maximum absolute atomic E-state index is 13.2. The van der Waals surface area contributed by atoms with Crippen LogP contribution in [0.4, 0.5) is 4.39 Å². The Morgan fingerprint density at radius 3 is 2.88 bits per heavy atom. The van der Waals surface area contributed by atoms with Gasteiger partial charge in [0, 0.05) is 0 Å². The van der Waals surface area contributed by atoms with Gasteiger partial charge in [0.1, 0.15) is 11.5 Å². The molecule has 0 saturated heterocycles. The number of ether oxygens (including phenoxy) is 2. The zero-order valence-corrected chi connectivity index (χ0v) is 9.12. The van der Waals surface area contributed by atoms with Gasteiger partial charge in [0.15, 0.2) is 5.82 Å². The van der Waals surface area contributed by atoms with Crippen LogP contribution in [0.3, 0.4) is 0 Å². The Morgan fingerprint density at radius 2 is 2.31 bits per heavy atom. The standard InChI is InChI=1S/C11H12FNO3/c1-4-16-7(2)10-5-8(11(14)15-3)9(12)6-13-10/h5-6H,2,4H2,1,3H3. The van der Waals surface area contributed by atoms with Crippen molar-refractivity contribution in [3.8, 4) is 0 Å². The van der Waals surface area contributed by atoms with Crippen LogP contribution in [-0.4, -0.2) is 24.7 Å². The Bertz CT molecular complexity index is 418. The van der Waals surface area contributed by atoms with Gasteiger partial charge >= 0.3 is 5.97 Å². The van der Waals surface area contributed by atoms with Crippen molar-refractivity contribution >= 4 is 11.7 Å². The number of methoxy groups -OCH3 is 1. The van der Waals surface area contributed by atoms with Crippen molar-refractivity contribution in [2.45, 2.75) is 6.92 Å². The van der Waals surface area contributed by atoms with Gasteiger partial charge in [-0.1, -0.05) is 6.58 Å². The van der Waals surface area contributed by atoms with E-state index in [0.29, 0.717) is 12.3 Å². The van der Waals surface area contributed by atoms with E-state index >= 15 is 0 Å². The molecule has 0 aliphatic rings. The Kier molecular flexibility index (Phi) is 3.99. The van der Waals surface area contributed by atoms with Crippen LogP contribution < -0.4 is 0 Å². The Hall–Kier alpha value is -1.91. The number of halogens is 1. The summed E-state index contributed by atoms with van der Waals surface area (Å²) in [5.41, 5.74) is 0.122. The number of carbonyl (C=O) groups excluding carboxylic acids is 1. The third kappa shape index (κ3) is 2.56. The second-order valence-corrected chi connectivity index (χ2v) is 2.90. The molecule has 0 saturated carbocycles. The summed E-state index contributed by atoms with van der Waals surface area (Å²) in [5, 5.41) is 0. The molecule has 0 unspecified atom stereocenters. The Morgan fingerprint density at radius 1 is 1.62 bits per heavy atom. The van der Waals surface area contributed by atoms with Gasteiger partial charge in [-0.05, 0) is 13.0 Å². The van der Waals surface area contributed by atoms with Crippen LogP contribution in [0.25, 0.3) is 5.76 Å². The minimum Gasteiger partial charge on any atom is -0.492 e. The molecular weight excluding hydrogens is 213 g/mol. The molecule has 1 heterocycles. The number of carbonyl (C=O) groups is 1. The lowest BCUT2D eigenvalue weighted by Crippen LogP contribution is -2.07. The molecule has 1 aromatic heterocycles. The van der Waals surface area contributed by atoms with Gasteiger partial charge in [0.05, 0.1) is 25.5 Å². The summed E-state index contributed by atoms with van der Waals surface area (Å²) in [5.74, 6) is -1.21. The van der Waals surface area contributed by atoms with Crippen LogP contribution in [-0.2, 0) is 9.47 Å². The first-order chi connectivity index (χ1) is 7.60. The zero-order chi connectivity index (χ0) is 12.1. The molecule has 0 amide bonds. The monoisotopic (exact) mass is 225 g/mol. The Balaban J connectivity index is 3.07. The number of aromatic nitrogens is 1. The van der Waals surface area contributed by atoms with Gasteiger partial charge in [0.2, 0.25) is 0 Å². The second-order valence-electron chi connectivity index (χ2n) is 2.90. The molecule has 1 aromatic rings. The first-order valence-corrected chi connectivity index (χ1v) is 4.66. The molecule has 0 N–H and O–H groups in total. The maximum atomic E-state index is 13.2. The van der Waals surface area contributed by atoms with E-state index in [0.717, 1.165) is 6.20 Å². The quantitative estimate of drug-likeness (QED) is 0.581. The lowest BCUT2D eigenvalue weighted by molar-refractivity contribution is 0.0595. The van der Waals surface area contributed by atoms with Crippen LogP contribution in [0.5, 0.6) is 0 Å². The van der Waals surface area contributed by atoms with Crippen LogP contribution in [0, 0.1) is 5.82 Å². The van der Waals surface area contributed by atoms with Crippen LogP contribution in [0.2, 0.25) is 0 Å². The van der Waals surface area contributed by atoms with Gasteiger partial charge < -0.3 is 9.47 Å². The fraction of sp³-hybridized carbons (Fsp3) is 0.273. The first-order valence-electron chi connectivity index (χ1n) is 4.66. The highest BCUT2D eigenvalue weighted by molar-refractivity contribution is 5.90. The summed E-state index contributed by atoms with van der Waals surface area (Å²) < 4.78 is 22.8. The molecule has 1 rings (SSSR count). The number of hydrogen-bond donors (Lipinski definition) is 0.